The van der Waals surface area contributed by atoms with E-state index in [4.69, 9.17) is 21.6 Å². The van der Waals surface area contributed by atoms with Gasteiger partial charge in [-0.15, -0.1) is 0 Å². The van der Waals surface area contributed by atoms with Crippen molar-refractivity contribution in [1.29, 1.82) is 5.26 Å². The number of nitrogens with zero attached hydrogens (tertiary/aromatic N) is 2. The molecule has 0 aliphatic heterocycles. The Kier molecular flexibility index (Phi) is 6.13. The van der Waals surface area contributed by atoms with Gasteiger partial charge in [-0.2, -0.15) is 5.26 Å². The van der Waals surface area contributed by atoms with Crippen molar-refractivity contribution in [1.82, 2.24) is 5.32 Å². The number of hydrogen-bond acceptors (Lipinski definition) is 4. The lowest BCUT2D eigenvalue weighted by molar-refractivity contribution is 0.307. The molecule has 22 heavy (non-hydrogen) atoms. The first kappa shape index (κ1) is 16.2. The fourth-order valence-electron chi connectivity index (χ4n) is 1.72. The Hall–Kier alpha value is -2.16. The van der Waals surface area contributed by atoms with Crippen molar-refractivity contribution in [2.24, 2.45) is 4.99 Å². The molecule has 0 amide bonds. The second-order valence-corrected chi connectivity index (χ2v) is 5.48. The van der Waals surface area contributed by atoms with E-state index in [-0.39, 0.29) is 0 Å². The molecule has 0 aliphatic carbocycles. The molecular formula is C16H14ClN3OS. The molecule has 0 atom stereocenters. The van der Waals surface area contributed by atoms with E-state index in [1.165, 1.54) is 11.8 Å². The zero-order valence-electron chi connectivity index (χ0n) is 11.9. The molecule has 112 valence electrons. The summed E-state index contributed by atoms with van der Waals surface area (Å²) in [5.41, 5.74) is 1.64. The number of ether oxygens (including phenoxy) is 1. The van der Waals surface area contributed by atoms with Gasteiger partial charge in [0, 0.05) is 5.02 Å². The van der Waals surface area contributed by atoms with Crippen LogP contribution in [0.2, 0.25) is 5.02 Å². The predicted octanol–water partition coefficient (Wildman–Crippen LogP) is 4.34. The van der Waals surface area contributed by atoms with Gasteiger partial charge in [-0.1, -0.05) is 53.7 Å². The maximum atomic E-state index is 8.71. The smallest absolute Gasteiger partial charge is 0.183 e. The zero-order valence-corrected chi connectivity index (χ0v) is 13.5. The van der Waals surface area contributed by atoms with Crippen molar-refractivity contribution in [3.8, 4) is 11.9 Å². The molecular weight excluding hydrogens is 318 g/mol. The van der Waals surface area contributed by atoms with Gasteiger partial charge in [-0.05, 0) is 30.0 Å². The zero-order chi connectivity index (χ0) is 15.8. The van der Waals surface area contributed by atoms with Crippen molar-refractivity contribution in [2.75, 3.05) is 6.26 Å². The van der Waals surface area contributed by atoms with Crippen LogP contribution in [0.1, 0.15) is 5.56 Å². The quantitative estimate of drug-likeness (QED) is 0.392. The number of nitrogens with one attached hydrogen (secondary N) is 1. The van der Waals surface area contributed by atoms with Gasteiger partial charge in [0.05, 0.1) is 0 Å². The van der Waals surface area contributed by atoms with E-state index in [0.717, 1.165) is 5.56 Å². The first-order valence-electron chi connectivity index (χ1n) is 6.47. The Balaban J connectivity index is 2.22. The largest absolute Gasteiger partial charge is 0.487 e. The summed E-state index contributed by atoms with van der Waals surface area (Å²) in [4.78, 5) is 4.38. The lowest BCUT2D eigenvalue weighted by atomic mass is 10.2. The molecule has 0 unspecified atom stereocenters. The van der Waals surface area contributed by atoms with Crippen molar-refractivity contribution in [2.45, 2.75) is 6.61 Å². The lowest BCUT2D eigenvalue weighted by Gasteiger charge is -2.10. The maximum absolute atomic E-state index is 8.71. The fraction of sp³-hybridized carbons (Fsp3) is 0.125. The summed E-state index contributed by atoms with van der Waals surface area (Å²) in [5.74, 6) is 0.611. The molecule has 6 heteroatoms. The third-order valence-corrected chi connectivity index (χ3v) is 3.55. The van der Waals surface area contributed by atoms with Crippen LogP contribution in [0.15, 0.2) is 53.5 Å². The van der Waals surface area contributed by atoms with Crippen LogP contribution in [0.5, 0.6) is 5.75 Å². The molecule has 0 fully saturated rings. The maximum Gasteiger partial charge on any atom is 0.183 e. The van der Waals surface area contributed by atoms with E-state index in [0.29, 0.717) is 28.2 Å². The average molecular weight is 332 g/mol. The standard InChI is InChI=1S/C16H14ClN3OS/c1-22-16(19-11-18)20-14-9-13(17)7-8-15(14)21-10-12-5-3-2-4-6-12/h2-9H,10H2,1H3,(H,19,20). The Bertz CT molecular complexity index is 698. The van der Waals surface area contributed by atoms with Gasteiger partial charge >= 0.3 is 0 Å². The molecule has 2 aromatic rings. The average Bonchev–Trinajstić information content (AvgIpc) is 2.54. The van der Waals surface area contributed by atoms with E-state index in [1.807, 2.05) is 42.8 Å². The van der Waals surface area contributed by atoms with Crippen molar-refractivity contribution < 1.29 is 4.74 Å². The van der Waals surface area contributed by atoms with Gasteiger partial charge in [-0.3, -0.25) is 5.32 Å². The Morgan fingerprint density at radius 1 is 1.32 bits per heavy atom. The fourth-order valence-corrected chi connectivity index (χ4v) is 2.22. The second kappa shape index (κ2) is 8.32. The Labute approximate surface area is 138 Å². The molecule has 0 aliphatic rings. The summed E-state index contributed by atoms with van der Waals surface area (Å²) in [7, 11) is 0. The van der Waals surface area contributed by atoms with E-state index in [2.05, 4.69) is 10.3 Å². The summed E-state index contributed by atoms with van der Waals surface area (Å²) >= 11 is 7.36. The summed E-state index contributed by atoms with van der Waals surface area (Å²) < 4.78 is 5.82. The number of aliphatic imine (C=N–C) groups is 1. The molecule has 0 bridgehead atoms. The van der Waals surface area contributed by atoms with Gasteiger partial charge in [0.2, 0.25) is 0 Å². The van der Waals surface area contributed by atoms with E-state index < -0.39 is 0 Å². The highest BCUT2D eigenvalue weighted by molar-refractivity contribution is 8.13. The lowest BCUT2D eigenvalue weighted by Crippen LogP contribution is -2.12. The number of nitriles is 1. The molecule has 0 aromatic heterocycles. The Morgan fingerprint density at radius 2 is 2.09 bits per heavy atom. The third kappa shape index (κ3) is 4.69. The molecule has 0 radical (unpaired) electrons. The SMILES string of the molecule is CSC(=Nc1cc(Cl)ccc1OCc1ccccc1)NC#N. The summed E-state index contributed by atoms with van der Waals surface area (Å²) in [6, 6.07) is 15.1. The summed E-state index contributed by atoms with van der Waals surface area (Å²) in [5, 5.41) is 12.3. The van der Waals surface area contributed by atoms with Crippen LogP contribution < -0.4 is 10.1 Å². The minimum atomic E-state index is 0.436. The molecule has 2 rings (SSSR count). The summed E-state index contributed by atoms with van der Waals surface area (Å²) in [6.07, 6.45) is 3.69. The molecule has 0 heterocycles. The van der Waals surface area contributed by atoms with Crippen molar-refractivity contribution in [3.05, 3.63) is 59.1 Å². The number of halogens is 1. The number of benzene rings is 2. The minimum absolute atomic E-state index is 0.436. The number of rotatable bonds is 4. The number of thioether (sulfide) groups is 1. The van der Waals surface area contributed by atoms with Crippen LogP contribution in [0, 0.1) is 11.5 Å². The van der Waals surface area contributed by atoms with Crippen molar-refractivity contribution in [3.63, 3.8) is 0 Å². The third-order valence-electron chi connectivity index (χ3n) is 2.74. The van der Waals surface area contributed by atoms with Crippen LogP contribution in [0.4, 0.5) is 5.69 Å². The highest BCUT2D eigenvalue weighted by Gasteiger charge is 2.06. The molecule has 1 N–H and O–H groups in total. The van der Waals surface area contributed by atoms with Gasteiger partial charge in [0.15, 0.2) is 11.4 Å². The topological polar surface area (TPSA) is 57.4 Å². The molecule has 0 spiro atoms. The molecule has 4 nitrogen and oxygen atoms in total. The van der Waals surface area contributed by atoms with Gasteiger partial charge < -0.3 is 4.74 Å². The highest BCUT2D eigenvalue weighted by Crippen LogP contribution is 2.32. The predicted molar refractivity (Wildman–Crippen MR) is 91.6 cm³/mol. The first-order chi connectivity index (χ1) is 10.7. The summed E-state index contributed by atoms with van der Waals surface area (Å²) in [6.45, 7) is 0.436. The minimum Gasteiger partial charge on any atom is -0.487 e. The van der Waals surface area contributed by atoms with E-state index in [9.17, 15) is 0 Å². The van der Waals surface area contributed by atoms with Gasteiger partial charge in [0.1, 0.15) is 18.0 Å². The van der Waals surface area contributed by atoms with Crippen LogP contribution in [0.25, 0.3) is 0 Å². The monoisotopic (exact) mass is 331 g/mol. The number of amidine groups is 1. The highest BCUT2D eigenvalue weighted by atomic mass is 35.5. The Morgan fingerprint density at radius 3 is 2.77 bits per heavy atom. The first-order valence-corrected chi connectivity index (χ1v) is 8.07. The van der Waals surface area contributed by atoms with E-state index >= 15 is 0 Å². The van der Waals surface area contributed by atoms with Crippen LogP contribution in [-0.4, -0.2) is 11.4 Å². The molecule has 0 saturated carbocycles. The van der Waals surface area contributed by atoms with Crippen LogP contribution >= 0.6 is 23.4 Å². The van der Waals surface area contributed by atoms with Crippen LogP contribution in [-0.2, 0) is 6.61 Å². The van der Waals surface area contributed by atoms with Gasteiger partial charge in [0.25, 0.3) is 0 Å². The van der Waals surface area contributed by atoms with Crippen molar-refractivity contribution >= 4 is 34.2 Å². The normalized spacial score (nSPS) is 10.9. The second-order valence-electron chi connectivity index (χ2n) is 4.24. The molecule has 0 saturated heterocycles. The van der Waals surface area contributed by atoms with E-state index in [1.54, 1.807) is 18.2 Å². The van der Waals surface area contributed by atoms with Gasteiger partial charge in [-0.25, -0.2) is 4.99 Å². The number of hydrogen-bond donors (Lipinski definition) is 1. The van der Waals surface area contributed by atoms with Crippen LogP contribution in [0.3, 0.4) is 0 Å². The molecule has 2 aromatic carbocycles.